The molecule has 0 aliphatic carbocycles. The highest BCUT2D eigenvalue weighted by atomic mass is 16.5. The SMILES string of the molecule is COC(=O)CCN/C=C(/C#N)C(=O)NC(C)C. The summed E-state index contributed by atoms with van der Waals surface area (Å²) in [6.45, 7) is 3.92. The van der Waals surface area contributed by atoms with Gasteiger partial charge in [0.1, 0.15) is 11.6 Å². The van der Waals surface area contributed by atoms with Crippen LogP contribution in [0, 0.1) is 11.3 Å². The zero-order chi connectivity index (χ0) is 13.3. The molecule has 0 spiro atoms. The molecule has 0 aromatic heterocycles. The summed E-state index contributed by atoms with van der Waals surface area (Å²) in [6, 6.07) is 1.75. The van der Waals surface area contributed by atoms with Crippen LogP contribution in [0.3, 0.4) is 0 Å². The number of carbonyl (C=O) groups excluding carboxylic acids is 2. The number of nitrogens with one attached hydrogen (secondary N) is 2. The molecule has 0 aliphatic rings. The molecule has 0 aliphatic heterocycles. The van der Waals surface area contributed by atoms with Crippen molar-refractivity contribution in [3.63, 3.8) is 0 Å². The Morgan fingerprint density at radius 2 is 2.12 bits per heavy atom. The van der Waals surface area contributed by atoms with E-state index in [0.717, 1.165) is 0 Å². The van der Waals surface area contributed by atoms with Gasteiger partial charge in [-0.25, -0.2) is 0 Å². The molecule has 94 valence electrons. The average molecular weight is 239 g/mol. The van der Waals surface area contributed by atoms with Crippen molar-refractivity contribution >= 4 is 11.9 Å². The van der Waals surface area contributed by atoms with Gasteiger partial charge in [-0.3, -0.25) is 9.59 Å². The van der Waals surface area contributed by atoms with Crippen LogP contribution in [0.4, 0.5) is 0 Å². The summed E-state index contributed by atoms with van der Waals surface area (Å²) in [5.74, 6) is -0.788. The van der Waals surface area contributed by atoms with Crippen LogP contribution in [0.1, 0.15) is 20.3 Å². The molecule has 6 nitrogen and oxygen atoms in total. The summed E-state index contributed by atoms with van der Waals surface area (Å²) >= 11 is 0. The van der Waals surface area contributed by atoms with Crippen LogP contribution in [-0.4, -0.2) is 31.6 Å². The summed E-state index contributed by atoms with van der Waals surface area (Å²) in [5, 5.41) is 14.1. The first-order chi connectivity index (χ1) is 8.01. The van der Waals surface area contributed by atoms with E-state index in [2.05, 4.69) is 15.4 Å². The molecule has 0 radical (unpaired) electrons. The van der Waals surface area contributed by atoms with Crippen LogP contribution >= 0.6 is 0 Å². The second kappa shape index (κ2) is 8.16. The predicted octanol–water partition coefficient (Wildman–Crippen LogP) is 0.0712. The summed E-state index contributed by atoms with van der Waals surface area (Å²) < 4.78 is 4.44. The average Bonchev–Trinajstić information content (AvgIpc) is 2.27. The van der Waals surface area contributed by atoms with E-state index in [4.69, 9.17) is 5.26 Å². The van der Waals surface area contributed by atoms with Gasteiger partial charge in [-0.2, -0.15) is 5.26 Å². The van der Waals surface area contributed by atoms with Crippen molar-refractivity contribution in [2.75, 3.05) is 13.7 Å². The maximum absolute atomic E-state index is 11.4. The van der Waals surface area contributed by atoms with Gasteiger partial charge in [0.15, 0.2) is 0 Å². The molecule has 0 bridgehead atoms. The highest BCUT2D eigenvalue weighted by molar-refractivity contribution is 5.97. The molecule has 0 fully saturated rings. The third kappa shape index (κ3) is 6.95. The van der Waals surface area contributed by atoms with Crippen molar-refractivity contribution in [3.05, 3.63) is 11.8 Å². The van der Waals surface area contributed by atoms with Crippen LogP contribution in [0.25, 0.3) is 0 Å². The number of nitriles is 1. The largest absolute Gasteiger partial charge is 0.469 e. The molecule has 0 saturated carbocycles. The van der Waals surface area contributed by atoms with E-state index in [0.29, 0.717) is 6.54 Å². The van der Waals surface area contributed by atoms with E-state index in [1.807, 2.05) is 0 Å². The Morgan fingerprint density at radius 1 is 1.47 bits per heavy atom. The number of esters is 1. The lowest BCUT2D eigenvalue weighted by Gasteiger charge is -2.07. The fraction of sp³-hybridized carbons (Fsp3) is 0.545. The van der Waals surface area contributed by atoms with Crippen LogP contribution in [0.2, 0.25) is 0 Å². The minimum Gasteiger partial charge on any atom is -0.469 e. The van der Waals surface area contributed by atoms with Crippen LogP contribution in [0.5, 0.6) is 0 Å². The molecule has 0 atom stereocenters. The molecule has 0 heterocycles. The molecule has 1 amide bonds. The Morgan fingerprint density at radius 3 is 2.59 bits per heavy atom. The van der Waals surface area contributed by atoms with E-state index in [1.54, 1.807) is 19.9 Å². The minimum atomic E-state index is -0.437. The van der Waals surface area contributed by atoms with Gasteiger partial charge in [-0.15, -0.1) is 0 Å². The topological polar surface area (TPSA) is 91.2 Å². The maximum atomic E-state index is 11.4. The predicted molar refractivity (Wildman–Crippen MR) is 61.6 cm³/mol. The third-order valence-corrected chi connectivity index (χ3v) is 1.73. The first kappa shape index (κ1) is 15.0. The Hall–Kier alpha value is -2.03. The van der Waals surface area contributed by atoms with E-state index >= 15 is 0 Å². The van der Waals surface area contributed by atoms with Gasteiger partial charge < -0.3 is 15.4 Å². The van der Waals surface area contributed by atoms with E-state index in [1.165, 1.54) is 13.3 Å². The molecule has 17 heavy (non-hydrogen) atoms. The summed E-state index contributed by atoms with van der Waals surface area (Å²) in [5.41, 5.74) is -0.0245. The molecule has 6 heteroatoms. The van der Waals surface area contributed by atoms with Crippen molar-refractivity contribution in [1.82, 2.24) is 10.6 Å². The highest BCUT2D eigenvalue weighted by Gasteiger charge is 2.09. The van der Waals surface area contributed by atoms with Gasteiger partial charge >= 0.3 is 5.97 Å². The van der Waals surface area contributed by atoms with Gasteiger partial charge in [0.05, 0.1) is 13.5 Å². The Labute approximate surface area is 101 Å². The van der Waals surface area contributed by atoms with Gasteiger partial charge in [0, 0.05) is 18.8 Å². The molecule has 0 saturated heterocycles. The highest BCUT2D eigenvalue weighted by Crippen LogP contribution is 1.92. The van der Waals surface area contributed by atoms with Crippen molar-refractivity contribution in [2.45, 2.75) is 26.3 Å². The van der Waals surface area contributed by atoms with Gasteiger partial charge in [0.2, 0.25) is 0 Å². The van der Waals surface area contributed by atoms with Crippen LogP contribution in [0.15, 0.2) is 11.8 Å². The number of carbonyl (C=O) groups is 2. The number of rotatable bonds is 6. The normalized spacial score (nSPS) is 10.6. The Bertz CT molecular complexity index is 342. The fourth-order valence-electron chi connectivity index (χ4n) is 0.939. The molecule has 2 N–H and O–H groups in total. The number of hydrogen-bond donors (Lipinski definition) is 2. The fourth-order valence-corrected chi connectivity index (χ4v) is 0.939. The standard InChI is InChI=1S/C11H17N3O3/c1-8(2)14-11(16)9(6-12)7-13-5-4-10(15)17-3/h7-8,13H,4-5H2,1-3H3,(H,14,16)/b9-7-. The third-order valence-electron chi connectivity index (χ3n) is 1.73. The lowest BCUT2D eigenvalue weighted by Crippen LogP contribution is -2.31. The number of amides is 1. The van der Waals surface area contributed by atoms with E-state index in [9.17, 15) is 9.59 Å². The Kier molecular flexibility index (Phi) is 7.19. The summed E-state index contributed by atoms with van der Waals surface area (Å²) in [7, 11) is 1.30. The van der Waals surface area contributed by atoms with Crippen molar-refractivity contribution in [1.29, 1.82) is 5.26 Å². The molecular weight excluding hydrogens is 222 g/mol. The van der Waals surface area contributed by atoms with Crippen molar-refractivity contribution < 1.29 is 14.3 Å². The number of ether oxygens (including phenoxy) is 1. The second-order valence-electron chi connectivity index (χ2n) is 3.58. The van der Waals surface area contributed by atoms with Crippen LogP contribution < -0.4 is 10.6 Å². The van der Waals surface area contributed by atoms with Gasteiger partial charge in [-0.1, -0.05) is 0 Å². The molecule has 0 aromatic rings. The van der Waals surface area contributed by atoms with Gasteiger partial charge in [-0.05, 0) is 13.8 Å². The number of nitrogens with zero attached hydrogens (tertiary/aromatic N) is 1. The zero-order valence-electron chi connectivity index (χ0n) is 10.2. The lowest BCUT2D eigenvalue weighted by molar-refractivity contribution is -0.140. The lowest BCUT2D eigenvalue weighted by atomic mass is 10.2. The molecule has 0 aromatic carbocycles. The zero-order valence-corrected chi connectivity index (χ0v) is 10.2. The number of methoxy groups -OCH3 is 1. The minimum absolute atomic E-state index is 0.0245. The molecule has 0 unspecified atom stereocenters. The van der Waals surface area contributed by atoms with Crippen molar-refractivity contribution in [2.24, 2.45) is 0 Å². The maximum Gasteiger partial charge on any atom is 0.307 e. The Balaban J connectivity index is 4.15. The molecule has 0 rings (SSSR count). The van der Waals surface area contributed by atoms with E-state index < -0.39 is 5.91 Å². The quantitative estimate of drug-likeness (QED) is 0.296. The van der Waals surface area contributed by atoms with Crippen LogP contribution in [-0.2, 0) is 14.3 Å². The smallest absolute Gasteiger partial charge is 0.307 e. The monoisotopic (exact) mass is 239 g/mol. The second-order valence-corrected chi connectivity index (χ2v) is 3.58. The summed E-state index contributed by atoms with van der Waals surface area (Å²) in [4.78, 5) is 22.2. The van der Waals surface area contributed by atoms with E-state index in [-0.39, 0.29) is 24.0 Å². The molecular formula is C11H17N3O3. The number of hydrogen-bond acceptors (Lipinski definition) is 5. The first-order valence-corrected chi connectivity index (χ1v) is 5.22. The van der Waals surface area contributed by atoms with Crippen molar-refractivity contribution in [3.8, 4) is 6.07 Å². The first-order valence-electron chi connectivity index (χ1n) is 5.22. The van der Waals surface area contributed by atoms with Gasteiger partial charge in [0.25, 0.3) is 5.91 Å². The summed E-state index contributed by atoms with van der Waals surface area (Å²) in [6.07, 6.45) is 1.47.